The third-order valence-electron chi connectivity index (χ3n) is 3.25. The molecule has 0 spiro atoms. The maximum absolute atomic E-state index is 11.6. The molecule has 2 rings (SSSR count). The summed E-state index contributed by atoms with van der Waals surface area (Å²) in [5.41, 5.74) is 2.14. The lowest BCUT2D eigenvalue weighted by molar-refractivity contribution is 0.230. The van der Waals surface area contributed by atoms with Crippen molar-refractivity contribution in [2.75, 3.05) is 26.0 Å². The van der Waals surface area contributed by atoms with Crippen molar-refractivity contribution in [1.82, 2.24) is 4.90 Å². The Hall–Kier alpha value is -3.00. The number of anilines is 1. The third kappa shape index (κ3) is 4.75. The van der Waals surface area contributed by atoms with E-state index in [0.29, 0.717) is 23.6 Å². The Morgan fingerprint density at radius 2 is 1.96 bits per heavy atom. The van der Waals surface area contributed by atoms with Crippen molar-refractivity contribution in [1.29, 1.82) is 5.26 Å². The lowest BCUT2D eigenvalue weighted by atomic mass is 10.1. The molecule has 2 aromatic carbocycles. The van der Waals surface area contributed by atoms with Crippen LogP contribution in [0.15, 0.2) is 48.5 Å². The van der Waals surface area contributed by atoms with Gasteiger partial charge in [-0.3, -0.25) is 0 Å². The number of hydrogen-bond acceptors (Lipinski definition) is 3. The summed E-state index contributed by atoms with van der Waals surface area (Å²) in [6.45, 7) is 0.488. The highest BCUT2D eigenvalue weighted by atomic mass is 16.5. The standard InChI is InChI=1S/C18H19N3O2/c1-21(2)18(22)20-16-8-9-17(15(12-16)13-19)23-11-10-14-6-4-3-5-7-14/h3-9,12H,10-11H2,1-2H3,(H,20,22). The number of nitriles is 1. The summed E-state index contributed by atoms with van der Waals surface area (Å²) in [5, 5.41) is 12.0. The Morgan fingerprint density at radius 3 is 2.61 bits per heavy atom. The molecule has 0 saturated heterocycles. The summed E-state index contributed by atoms with van der Waals surface area (Å²) in [5.74, 6) is 0.520. The molecule has 0 fully saturated rings. The van der Waals surface area contributed by atoms with Gasteiger partial charge in [0, 0.05) is 26.2 Å². The second kappa shape index (κ2) is 7.85. The molecule has 2 amide bonds. The van der Waals surface area contributed by atoms with Gasteiger partial charge in [-0.15, -0.1) is 0 Å². The average molecular weight is 309 g/mol. The highest BCUT2D eigenvalue weighted by Gasteiger charge is 2.08. The highest BCUT2D eigenvalue weighted by molar-refractivity contribution is 5.89. The van der Waals surface area contributed by atoms with Crippen LogP contribution >= 0.6 is 0 Å². The molecule has 5 nitrogen and oxygen atoms in total. The van der Waals surface area contributed by atoms with E-state index in [-0.39, 0.29) is 6.03 Å². The summed E-state index contributed by atoms with van der Waals surface area (Å²) < 4.78 is 5.69. The minimum Gasteiger partial charge on any atom is -0.492 e. The summed E-state index contributed by atoms with van der Waals surface area (Å²) in [7, 11) is 3.31. The van der Waals surface area contributed by atoms with E-state index in [1.807, 2.05) is 30.3 Å². The summed E-state index contributed by atoms with van der Waals surface area (Å²) in [6.07, 6.45) is 0.769. The van der Waals surface area contributed by atoms with Gasteiger partial charge in [-0.25, -0.2) is 4.79 Å². The fourth-order valence-electron chi connectivity index (χ4n) is 1.98. The van der Waals surface area contributed by atoms with Gasteiger partial charge in [-0.1, -0.05) is 30.3 Å². The van der Waals surface area contributed by atoms with Gasteiger partial charge < -0.3 is 15.0 Å². The molecule has 0 aliphatic heterocycles. The zero-order valence-corrected chi connectivity index (χ0v) is 13.2. The number of nitrogens with one attached hydrogen (secondary N) is 1. The van der Waals surface area contributed by atoms with Crippen LogP contribution < -0.4 is 10.1 Å². The summed E-state index contributed by atoms with van der Waals surface area (Å²) >= 11 is 0. The molecule has 1 N–H and O–H groups in total. The highest BCUT2D eigenvalue weighted by Crippen LogP contribution is 2.22. The number of nitrogens with zero attached hydrogens (tertiary/aromatic N) is 2. The van der Waals surface area contributed by atoms with E-state index in [1.165, 1.54) is 10.5 Å². The smallest absolute Gasteiger partial charge is 0.321 e. The molecule has 0 saturated carbocycles. The van der Waals surface area contributed by atoms with Gasteiger partial charge in [-0.05, 0) is 23.8 Å². The average Bonchev–Trinajstić information content (AvgIpc) is 2.56. The van der Waals surface area contributed by atoms with E-state index < -0.39 is 0 Å². The maximum Gasteiger partial charge on any atom is 0.321 e. The minimum absolute atomic E-state index is 0.244. The first-order valence-electron chi connectivity index (χ1n) is 7.29. The first kappa shape index (κ1) is 16.4. The van der Waals surface area contributed by atoms with Crippen molar-refractivity contribution in [3.63, 3.8) is 0 Å². The quantitative estimate of drug-likeness (QED) is 0.922. The number of rotatable bonds is 5. The molecule has 5 heteroatoms. The van der Waals surface area contributed by atoms with Crippen LogP contribution in [0.1, 0.15) is 11.1 Å². The molecule has 0 unspecified atom stereocenters. The van der Waals surface area contributed by atoms with Gasteiger partial charge in [0.25, 0.3) is 0 Å². The number of urea groups is 1. The number of carbonyl (C=O) groups is 1. The predicted octanol–water partition coefficient (Wildman–Crippen LogP) is 3.27. The number of ether oxygens (including phenoxy) is 1. The maximum atomic E-state index is 11.6. The van der Waals surface area contributed by atoms with Gasteiger partial charge >= 0.3 is 6.03 Å². The Labute approximate surface area is 136 Å². The van der Waals surface area contributed by atoms with Crippen molar-refractivity contribution >= 4 is 11.7 Å². The van der Waals surface area contributed by atoms with Crippen LogP contribution in [0, 0.1) is 11.3 Å². The molecule has 0 aliphatic carbocycles. The Kier molecular flexibility index (Phi) is 5.59. The molecule has 0 atom stereocenters. The van der Waals surface area contributed by atoms with Crippen molar-refractivity contribution in [2.45, 2.75) is 6.42 Å². The monoisotopic (exact) mass is 309 g/mol. The van der Waals surface area contributed by atoms with Crippen molar-refractivity contribution < 1.29 is 9.53 Å². The van der Waals surface area contributed by atoms with Crippen LogP contribution in [0.3, 0.4) is 0 Å². The molecule has 0 aromatic heterocycles. The molecule has 0 heterocycles. The van der Waals surface area contributed by atoms with Crippen molar-refractivity contribution in [3.8, 4) is 11.8 Å². The number of carbonyl (C=O) groups excluding carboxylic acids is 1. The van der Waals surface area contributed by atoms with Crippen LogP contribution in [0.25, 0.3) is 0 Å². The van der Waals surface area contributed by atoms with E-state index >= 15 is 0 Å². The Balaban J connectivity index is 1.99. The zero-order valence-electron chi connectivity index (χ0n) is 13.2. The third-order valence-corrected chi connectivity index (χ3v) is 3.25. The van der Waals surface area contributed by atoms with E-state index in [1.54, 1.807) is 32.3 Å². The molecule has 0 bridgehead atoms. The minimum atomic E-state index is -0.244. The second-order valence-electron chi connectivity index (χ2n) is 5.23. The van der Waals surface area contributed by atoms with Crippen LogP contribution in [0.5, 0.6) is 5.75 Å². The molecule has 0 aliphatic rings. The molecular formula is C18H19N3O2. The van der Waals surface area contributed by atoms with Crippen molar-refractivity contribution in [3.05, 3.63) is 59.7 Å². The second-order valence-corrected chi connectivity index (χ2v) is 5.23. The van der Waals surface area contributed by atoms with E-state index in [4.69, 9.17) is 4.74 Å². The van der Waals surface area contributed by atoms with Gasteiger partial charge in [0.2, 0.25) is 0 Å². The van der Waals surface area contributed by atoms with Gasteiger partial charge in [-0.2, -0.15) is 5.26 Å². The van der Waals surface area contributed by atoms with Crippen LogP contribution in [-0.4, -0.2) is 31.6 Å². The van der Waals surface area contributed by atoms with E-state index in [0.717, 1.165) is 6.42 Å². The number of hydrogen-bond donors (Lipinski definition) is 1. The fraction of sp³-hybridized carbons (Fsp3) is 0.222. The summed E-state index contributed by atoms with van der Waals surface area (Å²) in [6, 6.07) is 16.9. The van der Waals surface area contributed by atoms with Gasteiger partial charge in [0.1, 0.15) is 11.8 Å². The van der Waals surface area contributed by atoms with E-state index in [2.05, 4.69) is 11.4 Å². The number of benzene rings is 2. The first-order chi connectivity index (χ1) is 11.1. The topological polar surface area (TPSA) is 65.4 Å². The largest absolute Gasteiger partial charge is 0.492 e. The molecule has 2 aromatic rings. The first-order valence-corrected chi connectivity index (χ1v) is 7.29. The Bertz CT molecular complexity index is 706. The normalized spacial score (nSPS) is 9.78. The van der Waals surface area contributed by atoms with E-state index in [9.17, 15) is 10.1 Å². The van der Waals surface area contributed by atoms with Crippen LogP contribution in [0.2, 0.25) is 0 Å². The predicted molar refractivity (Wildman–Crippen MR) is 89.5 cm³/mol. The van der Waals surface area contributed by atoms with Crippen molar-refractivity contribution in [2.24, 2.45) is 0 Å². The molecule has 0 radical (unpaired) electrons. The lowest BCUT2D eigenvalue weighted by Gasteiger charge is -2.13. The van der Waals surface area contributed by atoms with Gasteiger partial charge in [0.15, 0.2) is 0 Å². The Morgan fingerprint density at radius 1 is 1.22 bits per heavy atom. The molecular weight excluding hydrogens is 290 g/mol. The lowest BCUT2D eigenvalue weighted by Crippen LogP contribution is -2.27. The number of amides is 2. The SMILES string of the molecule is CN(C)C(=O)Nc1ccc(OCCc2ccccc2)c(C#N)c1. The van der Waals surface area contributed by atoms with Crippen LogP contribution in [-0.2, 0) is 6.42 Å². The van der Waals surface area contributed by atoms with Crippen LogP contribution in [0.4, 0.5) is 10.5 Å². The molecule has 23 heavy (non-hydrogen) atoms. The summed E-state index contributed by atoms with van der Waals surface area (Å²) in [4.78, 5) is 13.1. The van der Waals surface area contributed by atoms with Gasteiger partial charge in [0.05, 0.1) is 12.2 Å². The molecule has 118 valence electrons. The fourth-order valence-corrected chi connectivity index (χ4v) is 1.98. The zero-order chi connectivity index (χ0) is 16.7.